The first kappa shape index (κ1) is 30.5. The fourth-order valence-corrected chi connectivity index (χ4v) is 9.23. The zero-order chi connectivity index (χ0) is 34.4. The van der Waals surface area contributed by atoms with Crippen molar-refractivity contribution in [2.45, 2.75) is 5.92 Å². The standard InChI is InChI=1S/C51H34S/c1-2-13-35(14-3-1)37-15-12-16-38(32-37)51(39-29-30-50-48(33-39)45-22-10-11-24-49(45)52-50)46-23-9-4-17-40(46)36-27-25-34(26-28-36)31-47-43-20-7-5-18-41(43)42-19-6-8-21-44(42)47/h1-33,51H. The van der Waals surface area contributed by atoms with Crippen LogP contribution in [0.1, 0.15) is 39.3 Å². The summed E-state index contributed by atoms with van der Waals surface area (Å²) in [7, 11) is 0. The van der Waals surface area contributed by atoms with Gasteiger partial charge in [0.15, 0.2) is 0 Å². The van der Waals surface area contributed by atoms with Gasteiger partial charge < -0.3 is 0 Å². The van der Waals surface area contributed by atoms with E-state index in [1.165, 1.54) is 92.5 Å². The Balaban J connectivity index is 1.10. The molecule has 1 aromatic heterocycles. The summed E-state index contributed by atoms with van der Waals surface area (Å²) in [5.74, 6) is 0.0382. The molecule has 8 aromatic carbocycles. The predicted molar refractivity (Wildman–Crippen MR) is 223 cm³/mol. The van der Waals surface area contributed by atoms with Gasteiger partial charge in [-0.2, -0.15) is 0 Å². The predicted octanol–water partition coefficient (Wildman–Crippen LogP) is 14.1. The fraction of sp³-hybridized carbons (Fsp3) is 0.0196. The Bertz CT molecular complexity index is 2730. The average molecular weight is 679 g/mol. The molecule has 0 spiro atoms. The van der Waals surface area contributed by atoms with Gasteiger partial charge in [0.25, 0.3) is 0 Å². The van der Waals surface area contributed by atoms with E-state index in [0.717, 1.165) is 0 Å². The molecule has 0 saturated carbocycles. The Morgan fingerprint density at radius 2 is 0.962 bits per heavy atom. The van der Waals surface area contributed by atoms with E-state index in [9.17, 15) is 0 Å². The van der Waals surface area contributed by atoms with Gasteiger partial charge in [0.05, 0.1) is 0 Å². The second kappa shape index (κ2) is 12.8. The van der Waals surface area contributed by atoms with E-state index in [4.69, 9.17) is 0 Å². The Morgan fingerprint density at radius 3 is 1.73 bits per heavy atom. The molecule has 0 fully saturated rings. The Labute approximate surface area is 308 Å². The zero-order valence-electron chi connectivity index (χ0n) is 28.5. The van der Waals surface area contributed by atoms with Gasteiger partial charge in [-0.1, -0.05) is 176 Å². The summed E-state index contributed by atoms with van der Waals surface area (Å²) < 4.78 is 2.66. The minimum atomic E-state index is 0.0382. The fourth-order valence-electron chi connectivity index (χ4n) is 8.15. The van der Waals surface area contributed by atoms with Gasteiger partial charge in [0, 0.05) is 26.1 Å². The van der Waals surface area contributed by atoms with Crippen molar-refractivity contribution in [2.75, 3.05) is 0 Å². The monoisotopic (exact) mass is 678 g/mol. The molecule has 9 aromatic rings. The third-order valence-corrected chi connectivity index (χ3v) is 11.7. The number of thiophene rings is 1. The van der Waals surface area contributed by atoms with Crippen LogP contribution in [0.2, 0.25) is 0 Å². The number of benzene rings is 8. The molecule has 1 atom stereocenters. The highest BCUT2D eigenvalue weighted by Crippen LogP contribution is 2.46. The lowest BCUT2D eigenvalue weighted by Crippen LogP contribution is -2.05. The van der Waals surface area contributed by atoms with Gasteiger partial charge in [-0.3, -0.25) is 0 Å². The van der Waals surface area contributed by atoms with Crippen LogP contribution in [0.5, 0.6) is 0 Å². The second-order valence-corrected chi connectivity index (χ2v) is 14.7. The van der Waals surface area contributed by atoms with Crippen LogP contribution in [-0.4, -0.2) is 0 Å². The first-order valence-electron chi connectivity index (χ1n) is 18.0. The molecule has 244 valence electrons. The molecule has 1 heterocycles. The van der Waals surface area contributed by atoms with E-state index >= 15 is 0 Å². The van der Waals surface area contributed by atoms with E-state index in [0.29, 0.717) is 0 Å². The molecule has 1 aliphatic carbocycles. The van der Waals surface area contributed by atoms with Crippen LogP contribution >= 0.6 is 11.3 Å². The maximum absolute atomic E-state index is 2.44. The first-order valence-corrected chi connectivity index (χ1v) is 18.8. The van der Waals surface area contributed by atoms with E-state index in [-0.39, 0.29) is 5.92 Å². The number of rotatable bonds is 6. The molecule has 52 heavy (non-hydrogen) atoms. The van der Waals surface area contributed by atoms with E-state index in [1.807, 2.05) is 11.3 Å². The minimum Gasteiger partial charge on any atom is -0.135 e. The molecule has 0 nitrogen and oxygen atoms in total. The lowest BCUT2D eigenvalue weighted by Gasteiger charge is -2.23. The van der Waals surface area contributed by atoms with Crippen LogP contribution in [0.25, 0.3) is 65.2 Å². The van der Waals surface area contributed by atoms with Crippen LogP contribution in [-0.2, 0) is 0 Å². The minimum absolute atomic E-state index is 0.0382. The Hall–Kier alpha value is -6.28. The molecular formula is C51H34S. The molecule has 0 bridgehead atoms. The molecule has 0 saturated heterocycles. The van der Waals surface area contributed by atoms with Crippen molar-refractivity contribution in [1.82, 2.24) is 0 Å². The van der Waals surface area contributed by atoms with Crippen LogP contribution in [0, 0.1) is 0 Å². The Morgan fingerprint density at radius 1 is 0.365 bits per heavy atom. The van der Waals surface area contributed by atoms with Crippen molar-refractivity contribution in [3.8, 4) is 33.4 Å². The SMILES string of the molecule is C(=C1c2ccccc2-c2ccccc21)c1ccc(-c2ccccc2C(c2cccc(-c3ccccc3)c2)c2ccc3sc4ccccc4c3c2)cc1. The quantitative estimate of drug-likeness (QED) is 0.154. The van der Waals surface area contributed by atoms with Crippen LogP contribution in [0.15, 0.2) is 194 Å². The van der Waals surface area contributed by atoms with Crippen molar-refractivity contribution in [1.29, 1.82) is 0 Å². The summed E-state index contributed by atoms with van der Waals surface area (Å²) in [5.41, 5.74) is 16.5. The van der Waals surface area contributed by atoms with Crippen LogP contribution < -0.4 is 0 Å². The molecule has 1 heteroatoms. The van der Waals surface area contributed by atoms with Crippen molar-refractivity contribution in [3.05, 3.63) is 228 Å². The van der Waals surface area contributed by atoms with Crippen LogP contribution in [0.4, 0.5) is 0 Å². The summed E-state index contributed by atoms with van der Waals surface area (Å²) in [5, 5.41) is 2.65. The topological polar surface area (TPSA) is 0 Å². The number of hydrogen-bond acceptors (Lipinski definition) is 1. The molecule has 0 amide bonds. The zero-order valence-corrected chi connectivity index (χ0v) is 29.4. The highest BCUT2D eigenvalue weighted by atomic mass is 32.1. The van der Waals surface area contributed by atoms with Crippen molar-refractivity contribution in [3.63, 3.8) is 0 Å². The summed E-state index contributed by atoms with van der Waals surface area (Å²) in [6.07, 6.45) is 2.35. The van der Waals surface area contributed by atoms with Gasteiger partial charge >= 0.3 is 0 Å². The van der Waals surface area contributed by atoms with Gasteiger partial charge in [0.2, 0.25) is 0 Å². The average Bonchev–Trinajstić information content (AvgIpc) is 3.74. The summed E-state index contributed by atoms with van der Waals surface area (Å²) in [6.45, 7) is 0. The summed E-state index contributed by atoms with van der Waals surface area (Å²) in [4.78, 5) is 0. The molecule has 0 N–H and O–H groups in total. The maximum Gasteiger partial charge on any atom is 0.0355 e. The third kappa shape index (κ3) is 5.30. The largest absolute Gasteiger partial charge is 0.135 e. The summed E-state index contributed by atoms with van der Waals surface area (Å²) >= 11 is 1.87. The van der Waals surface area contributed by atoms with Gasteiger partial charge in [-0.15, -0.1) is 11.3 Å². The normalized spacial score (nSPS) is 12.5. The smallest absolute Gasteiger partial charge is 0.0355 e. The number of hydrogen-bond donors (Lipinski definition) is 0. The van der Waals surface area contributed by atoms with E-state index < -0.39 is 0 Å². The second-order valence-electron chi connectivity index (χ2n) is 13.6. The highest BCUT2D eigenvalue weighted by molar-refractivity contribution is 7.25. The van der Waals surface area contributed by atoms with Crippen molar-refractivity contribution in [2.24, 2.45) is 0 Å². The van der Waals surface area contributed by atoms with Crippen LogP contribution in [0.3, 0.4) is 0 Å². The summed E-state index contributed by atoms with van der Waals surface area (Å²) in [6, 6.07) is 71.4. The van der Waals surface area contributed by atoms with Gasteiger partial charge in [-0.25, -0.2) is 0 Å². The van der Waals surface area contributed by atoms with E-state index in [1.54, 1.807) is 0 Å². The van der Waals surface area contributed by atoms with Crippen molar-refractivity contribution < 1.29 is 0 Å². The molecule has 0 aliphatic heterocycles. The highest BCUT2D eigenvalue weighted by Gasteiger charge is 2.24. The molecule has 1 aliphatic rings. The Kier molecular flexibility index (Phi) is 7.52. The lowest BCUT2D eigenvalue weighted by molar-refractivity contribution is 0.983. The molecule has 10 rings (SSSR count). The first-order chi connectivity index (χ1) is 25.8. The third-order valence-electron chi connectivity index (χ3n) is 10.6. The van der Waals surface area contributed by atoms with Gasteiger partial charge in [0.1, 0.15) is 0 Å². The molecular weight excluding hydrogens is 645 g/mol. The number of fused-ring (bicyclic) bond motifs is 6. The maximum atomic E-state index is 2.44. The van der Waals surface area contributed by atoms with Crippen molar-refractivity contribution >= 4 is 43.2 Å². The lowest BCUT2D eigenvalue weighted by atomic mass is 9.80. The molecule has 1 unspecified atom stereocenters. The molecule has 0 radical (unpaired) electrons. The van der Waals surface area contributed by atoms with E-state index in [2.05, 4.69) is 200 Å². The van der Waals surface area contributed by atoms with Gasteiger partial charge in [-0.05, 0) is 96.6 Å².